The number of hydrogen-bond acceptors (Lipinski definition) is 7. The Hall–Kier alpha value is -3.46. The van der Waals surface area contributed by atoms with Crippen molar-refractivity contribution in [3.8, 4) is 5.69 Å². The number of anilines is 1. The largest absolute Gasteiger partial charge is 0.461 e. The standard InChI is InChI=1S/C20H22N4O5/c1-3-23(4-2)9-10-29-20(28)12-5-7-13(8-6-12)24-15(25)11-14-16(17(24)21)19(27)22-18(14)26/h5-8,11H,3-4,9-10,21H2,1-2H3,(H,22,26,27). The zero-order valence-corrected chi connectivity index (χ0v) is 16.2. The van der Waals surface area contributed by atoms with Gasteiger partial charge in [0.1, 0.15) is 12.4 Å². The number of amides is 2. The van der Waals surface area contributed by atoms with Crippen molar-refractivity contribution in [2.24, 2.45) is 0 Å². The number of likely N-dealkylation sites (N-methyl/N-ethyl adjacent to an activating group) is 1. The average Bonchev–Trinajstić information content (AvgIpc) is 2.99. The minimum absolute atomic E-state index is 0.0329. The van der Waals surface area contributed by atoms with E-state index in [9.17, 15) is 19.2 Å². The Balaban J connectivity index is 1.80. The van der Waals surface area contributed by atoms with Gasteiger partial charge in [-0.25, -0.2) is 4.79 Å². The number of carbonyl (C=O) groups excluding carboxylic acids is 3. The first-order valence-corrected chi connectivity index (χ1v) is 9.28. The molecule has 0 bridgehead atoms. The lowest BCUT2D eigenvalue weighted by atomic mass is 10.1. The number of carbonyl (C=O) groups is 3. The molecule has 0 atom stereocenters. The highest BCUT2D eigenvalue weighted by molar-refractivity contribution is 6.23. The molecule has 1 aromatic carbocycles. The molecule has 29 heavy (non-hydrogen) atoms. The van der Waals surface area contributed by atoms with Crippen LogP contribution in [0.25, 0.3) is 5.69 Å². The predicted molar refractivity (Wildman–Crippen MR) is 106 cm³/mol. The number of nitrogens with two attached hydrogens (primary N) is 1. The molecule has 0 fully saturated rings. The maximum Gasteiger partial charge on any atom is 0.338 e. The lowest BCUT2D eigenvalue weighted by Crippen LogP contribution is -2.28. The molecule has 3 rings (SSSR count). The zero-order chi connectivity index (χ0) is 21.1. The third-order valence-corrected chi connectivity index (χ3v) is 4.85. The molecule has 0 spiro atoms. The Morgan fingerprint density at radius 1 is 1.10 bits per heavy atom. The van der Waals surface area contributed by atoms with Crippen LogP contribution in [-0.4, -0.2) is 53.5 Å². The van der Waals surface area contributed by atoms with Gasteiger partial charge >= 0.3 is 5.97 Å². The van der Waals surface area contributed by atoms with E-state index >= 15 is 0 Å². The lowest BCUT2D eigenvalue weighted by Gasteiger charge is -2.17. The topological polar surface area (TPSA) is 124 Å². The molecular formula is C20H22N4O5. The van der Waals surface area contributed by atoms with Crippen LogP contribution in [0.3, 0.4) is 0 Å². The van der Waals surface area contributed by atoms with Crippen LogP contribution in [0.15, 0.2) is 35.1 Å². The Morgan fingerprint density at radius 3 is 2.38 bits per heavy atom. The lowest BCUT2D eigenvalue weighted by molar-refractivity contribution is 0.0466. The predicted octanol–water partition coefficient (Wildman–Crippen LogP) is 0.802. The number of fused-ring (bicyclic) bond motifs is 1. The Kier molecular flexibility index (Phi) is 5.79. The SMILES string of the molecule is CCN(CC)CCOC(=O)c1ccc(-n2c(N)c3c(cc2=O)C(=O)NC3=O)cc1. The van der Waals surface area contributed by atoms with Gasteiger partial charge in [0, 0.05) is 12.6 Å². The van der Waals surface area contributed by atoms with Crippen LogP contribution in [0.5, 0.6) is 0 Å². The summed E-state index contributed by atoms with van der Waals surface area (Å²) in [7, 11) is 0. The summed E-state index contributed by atoms with van der Waals surface area (Å²) < 4.78 is 6.39. The van der Waals surface area contributed by atoms with Crippen LogP contribution in [0.2, 0.25) is 0 Å². The van der Waals surface area contributed by atoms with Gasteiger partial charge in [-0.05, 0) is 37.4 Å². The Labute approximate surface area is 167 Å². The first-order chi connectivity index (χ1) is 13.9. The van der Waals surface area contributed by atoms with Gasteiger partial charge in [-0.15, -0.1) is 0 Å². The van der Waals surface area contributed by atoms with E-state index in [-0.39, 0.29) is 23.6 Å². The van der Waals surface area contributed by atoms with Crippen molar-refractivity contribution < 1.29 is 19.1 Å². The van der Waals surface area contributed by atoms with Crippen LogP contribution in [0.4, 0.5) is 5.82 Å². The van der Waals surface area contributed by atoms with Gasteiger partial charge in [0.05, 0.1) is 22.4 Å². The molecule has 0 radical (unpaired) electrons. The number of aromatic nitrogens is 1. The second kappa shape index (κ2) is 8.27. The Bertz CT molecular complexity index is 1020. The number of benzene rings is 1. The normalized spacial score (nSPS) is 12.8. The van der Waals surface area contributed by atoms with Crippen molar-refractivity contribution in [3.05, 3.63) is 57.4 Å². The molecule has 0 saturated heterocycles. The number of nitrogens with one attached hydrogen (secondary N) is 1. The molecule has 2 heterocycles. The fourth-order valence-corrected chi connectivity index (χ4v) is 3.18. The monoisotopic (exact) mass is 398 g/mol. The summed E-state index contributed by atoms with van der Waals surface area (Å²) in [6, 6.07) is 7.15. The first-order valence-electron chi connectivity index (χ1n) is 9.28. The summed E-state index contributed by atoms with van der Waals surface area (Å²) >= 11 is 0. The average molecular weight is 398 g/mol. The van der Waals surface area contributed by atoms with Crippen molar-refractivity contribution in [3.63, 3.8) is 0 Å². The number of rotatable bonds is 7. The Morgan fingerprint density at radius 2 is 1.76 bits per heavy atom. The first kappa shape index (κ1) is 20.3. The highest BCUT2D eigenvalue weighted by Crippen LogP contribution is 2.23. The smallest absolute Gasteiger partial charge is 0.338 e. The van der Waals surface area contributed by atoms with Crippen LogP contribution < -0.4 is 16.6 Å². The highest BCUT2D eigenvalue weighted by Gasteiger charge is 2.31. The summed E-state index contributed by atoms with van der Waals surface area (Å²) in [5.74, 6) is -1.90. The van der Waals surface area contributed by atoms with Crippen molar-refractivity contribution >= 4 is 23.6 Å². The fraction of sp³-hybridized carbons (Fsp3) is 0.300. The van der Waals surface area contributed by atoms with E-state index in [1.54, 1.807) is 0 Å². The fourth-order valence-electron chi connectivity index (χ4n) is 3.18. The van der Waals surface area contributed by atoms with E-state index in [0.717, 1.165) is 23.7 Å². The van der Waals surface area contributed by atoms with Gasteiger partial charge in [0.15, 0.2) is 0 Å². The number of nitrogens with zero attached hydrogens (tertiary/aromatic N) is 2. The molecule has 0 saturated carbocycles. The molecule has 2 aromatic rings. The maximum atomic E-state index is 12.4. The second-order valence-corrected chi connectivity index (χ2v) is 6.48. The molecule has 9 heteroatoms. The van der Waals surface area contributed by atoms with E-state index in [1.165, 1.54) is 24.3 Å². The summed E-state index contributed by atoms with van der Waals surface area (Å²) in [6.07, 6.45) is 0. The van der Waals surface area contributed by atoms with Crippen LogP contribution in [0.1, 0.15) is 44.9 Å². The summed E-state index contributed by atoms with van der Waals surface area (Å²) in [6.45, 7) is 6.76. The number of pyridine rings is 1. The molecule has 0 unspecified atom stereocenters. The van der Waals surface area contributed by atoms with E-state index < -0.39 is 23.3 Å². The minimum Gasteiger partial charge on any atom is -0.461 e. The number of nitrogen functional groups attached to an aromatic ring is 1. The van der Waals surface area contributed by atoms with Crippen molar-refractivity contribution in [1.82, 2.24) is 14.8 Å². The van der Waals surface area contributed by atoms with Gasteiger partial charge in [0.25, 0.3) is 17.4 Å². The molecule has 9 nitrogen and oxygen atoms in total. The molecule has 1 aliphatic heterocycles. The van der Waals surface area contributed by atoms with E-state index in [4.69, 9.17) is 10.5 Å². The van der Waals surface area contributed by atoms with Gasteiger partial charge in [0.2, 0.25) is 0 Å². The van der Waals surface area contributed by atoms with Gasteiger partial charge in [-0.3, -0.25) is 24.3 Å². The number of imide groups is 1. The third kappa shape index (κ3) is 3.90. The highest BCUT2D eigenvalue weighted by atomic mass is 16.5. The van der Waals surface area contributed by atoms with Crippen molar-refractivity contribution in [2.45, 2.75) is 13.8 Å². The summed E-state index contributed by atoms with van der Waals surface area (Å²) in [4.78, 5) is 50.4. The van der Waals surface area contributed by atoms with Crippen LogP contribution >= 0.6 is 0 Å². The van der Waals surface area contributed by atoms with Crippen LogP contribution in [-0.2, 0) is 4.74 Å². The zero-order valence-electron chi connectivity index (χ0n) is 16.2. The summed E-state index contributed by atoms with van der Waals surface area (Å²) in [5, 5.41) is 2.11. The molecule has 1 aliphatic rings. The van der Waals surface area contributed by atoms with Crippen molar-refractivity contribution in [2.75, 3.05) is 32.0 Å². The molecule has 3 N–H and O–H groups in total. The van der Waals surface area contributed by atoms with Crippen molar-refractivity contribution in [1.29, 1.82) is 0 Å². The maximum absolute atomic E-state index is 12.4. The van der Waals surface area contributed by atoms with E-state index in [0.29, 0.717) is 17.8 Å². The molecular weight excluding hydrogens is 376 g/mol. The molecule has 2 amide bonds. The second-order valence-electron chi connectivity index (χ2n) is 6.48. The number of ether oxygens (including phenoxy) is 1. The number of hydrogen-bond donors (Lipinski definition) is 2. The summed E-state index contributed by atoms with van der Waals surface area (Å²) in [5.41, 5.74) is 6.06. The van der Waals surface area contributed by atoms with E-state index in [1.807, 2.05) is 13.8 Å². The molecule has 152 valence electrons. The molecule has 1 aromatic heterocycles. The minimum atomic E-state index is -0.649. The van der Waals surface area contributed by atoms with Crippen LogP contribution in [0, 0.1) is 0 Å². The van der Waals surface area contributed by atoms with Gasteiger partial charge in [-0.2, -0.15) is 0 Å². The van der Waals surface area contributed by atoms with Gasteiger partial charge in [-0.1, -0.05) is 13.8 Å². The van der Waals surface area contributed by atoms with Gasteiger partial charge < -0.3 is 15.4 Å². The quantitative estimate of drug-likeness (QED) is 0.522. The third-order valence-electron chi connectivity index (χ3n) is 4.85. The van der Waals surface area contributed by atoms with E-state index in [2.05, 4.69) is 10.2 Å². The number of esters is 1. The molecule has 0 aliphatic carbocycles.